The third-order valence-electron chi connectivity index (χ3n) is 2.52. The van der Waals surface area contributed by atoms with Crippen LogP contribution in [0.25, 0.3) is 0 Å². The second-order valence-electron chi connectivity index (χ2n) is 5.06. The summed E-state index contributed by atoms with van der Waals surface area (Å²) in [5, 5.41) is 9.53. The van der Waals surface area contributed by atoms with Gasteiger partial charge in [-0.25, -0.2) is 0 Å². The molecule has 1 amide bonds. The highest BCUT2D eigenvalue weighted by Crippen LogP contribution is 2.18. The topological polar surface area (TPSA) is 83.8 Å². The van der Waals surface area contributed by atoms with Gasteiger partial charge in [-0.2, -0.15) is 5.10 Å². The molecule has 0 saturated carbocycles. The van der Waals surface area contributed by atoms with Crippen molar-refractivity contribution in [3.05, 3.63) is 17.5 Å². The van der Waals surface area contributed by atoms with E-state index < -0.39 is 0 Å². The minimum atomic E-state index is -0.185. The van der Waals surface area contributed by atoms with E-state index in [1.807, 2.05) is 27.7 Å². The Hall–Kier alpha value is -1.36. The van der Waals surface area contributed by atoms with Gasteiger partial charge >= 0.3 is 0 Å². The molecule has 5 nitrogen and oxygen atoms in total. The lowest BCUT2D eigenvalue weighted by atomic mass is 9.87. The molecule has 0 aliphatic heterocycles. The van der Waals surface area contributed by atoms with Crippen LogP contribution in [0.3, 0.4) is 0 Å². The number of aromatic nitrogens is 2. The Kier molecular flexibility index (Phi) is 3.70. The second-order valence-corrected chi connectivity index (χ2v) is 5.06. The molecule has 1 aromatic rings. The molecule has 1 heterocycles. The van der Waals surface area contributed by atoms with Gasteiger partial charge in [0, 0.05) is 18.3 Å². The van der Waals surface area contributed by atoms with Gasteiger partial charge < -0.3 is 11.1 Å². The summed E-state index contributed by atoms with van der Waals surface area (Å²) in [4.78, 5) is 11.8. The van der Waals surface area contributed by atoms with Crippen molar-refractivity contribution in [3.8, 4) is 0 Å². The maximum Gasteiger partial charge on any atom is 0.272 e. The largest absolute Gasteiger partial charge is 0.346 e. The molecule has 1 atom stereocenters. The van der Waals surface area contributed by atoms with Crippen LogP contribution in [0.2, 0.25) is 0 Å². The first-order valence-corrected chi connectivity index (χ1v) is 5.37. The molecule has 4 N–H and O–H groups in total. The Bertz CT molecular complexity index is 364. The van der Waals surface area contributed by atoms with Crippen molar-refractivity contribution in [3.63, 3.8) is 0 Å². The maximum absolute atomic E-state index is 11.8. The predicted octanol–water partition coefficient (Wildman–Crippen LogP) is 0.821. The Morgan fingerprint density at radius 3 is 2.62 bits per heavy atom. The highest BCUT2D eigenvalue weighted by atomic mass is 16.2. The van der Waals surface area contributed by atoms with E-state index in [4.69, 9.17) is 5.73 Å². The van der Waals surface area contributed by atoms with Crippen LogP contribution in [0.15, 0.2) is 6.07 Å². The summed E-state index contributed by atoms with van der Waals surface area (Å²) < 4.78 is 0. The molecule has 0 aliphatic rings. The van der Waals surface area contributed by atoms with Gasteiger partial charge in [-0.15, -0.1) is 0 Å². The van der Waals surface area contributed by atoms with E-state index in [-0.39, 0.29) is 17.4 Å². The number of hydrogen-bond donors (Lipinski definition) is 3. The molecule has 90 valence electrons. The molecule has 0 radical (unpaired) electrons. The third kappa shape index (κ3) is 3.06. The number of amides is 1. The Morgan fingerprint density at radius 1 is 1.62 bits per heavy atom. The fourth-order valence-electron chi connectivity index (χ4n) is 1.40. The minimum absolute atomic E-state index is 0.0583. The predicted molar refractivity (Wildman–Crippen MR) is 63.1 cm³/mol. The second kappa shape index (κ2) is 4.65. The molecule has 5 heteroatoms. The number of nitrogens with two attached hydrogens (primary N) is 1. The van der Waals surface area contributed by atoms with Crippen LogP contribution >= 0.6 is 0 Å². The fourth-order valence-corrected chi connectivity index (χ4v) is 1.40. The Morgan fingerprint density at radius 2 is 2.25 bits per heavy atom. The van der Waals surface area contributed by atoms with E-state index in [0.29, 0.717) is 12.2 Å². The highest BCUT2D eigenvalue weighted by molar-refractivity contribution is 5.92. The molecule has 1 aromatic heterocycles. The number of rotatable bonds is 3. The van der Waals surface area contributed by atoms with Gasteiger partial charge in [0.1, 0.15) is 5.69 Å². The highest BCUT2D eigenvalue weighted by Gasteiger charge is 2.25. The number of carbonyl (C=O) groups is 1. The summed E-state index contributed by atoms with van der Waals surface area (Å²) in [7, 11) is 0. The van der Waals surface area contributed by atoms with Crippen molar-refractivity contribution in [1.82, 2.24) is 15.5 Å². The van der Waals surface area contributed by atoms with Gasteiger partial charge in [-0.3, -0.25) is 9.89 Å². The standard InChI is InChI=1S/C11H20N4O/c1-7-5-8(15-14-7)10(16)13-9(6-12)11(2,3)4/h5,9H,6,12H2,1-4H3,(H,13,16)(H,14,15). The van der Waals surface area contributed by atoms with Gasteiger partial charge in [0.15, 0.2) is 0 Å². The van der Waals surface area contributed by atoms with Crippen LogP contribution in [-0.2, 0) is 0 Å². The van der Waals surface area contributed by atoms with Crippen molar-refractivity contribution in [2.75, 3.05) is 6.54 Å². The van der Waals surface area contributed by atoms with Crippen LogP contribution in [-0.4, -0.2) is 28.7 Å². The van der Waals surface area contributed by atoms with E-state index in [1.54, 1.807) is 6.07 Å². The molecule has 0 aliphatic carbocycles. The maximum atomic E-state index is 11.8. The van der Waals surface area contributed by atoms with Crippen molar-refractivity contribution < 1.29 is 4.79 Å². The minimum Gasteiger partial charge on any atom is -0.346 e. The average Bonchev–Trinajstić information content (AvgIpc) is 2.59. The molecule has 1 unspecified atom stereocenters. The molecular formula is C11H20N4O. The van der Waals surface area contributed by atoms with E-state index in [2.05, 4.69) is 15.5 Å². The van der Waals surface area contributed by atoms with Crippen LogP contribution in [0, 0.1) is 12.3 Å². The zero-order chi connectivity index (χ0) is 12.3. The van der Waals surface area contributed by atoms with Crippen LogP contribution in [0.1, 0.15) is 37.0 Å². The van der Waals surface area contributed by atoms with E-state index in [0.717, 1.165) is 5.69 Å². The van der Waals surface area contributed by atoms with E-state index in [1.165, 1.54) is 0 Å². The van der Waals surface area contributed by atoms with Crippen molar-refractivity contribution in [2.24, 2.45) is 11.1 Å². The first-order valence-electron chi connectivity index (χ1n) is 5.37. The summed E-state index contributed by atoms with van der Waals surface area (Å²) in [5.74, 6) is -0.185. The summed E-state index contributed by atoms with van der Waals surface area (Å²) >= 11 is 0. The quantitative estimate of drug-likeness (QED) is 0.710. The lowest BCUT2D eigenvalue weighted by Crippen LogP contribution is -2.48. The van der Waals surface area contributed by atoms with Gasteiger partial charge in [-0.1, -0.05) is 20.8 Å². The zero-order valence-electron chi connectivity index (χ0n) is 10.3. The normalized spacial score (nSPS) is 13.6. The third-order valence-corrected chi connectivity index (χ3v) is 2.52. The molecule has 0 fully saturated rings. The van der Waals surface area contributed by atoms with Crippen molar-refractivity contribution >= 4 is 5.91 Å². The van der Waals surface area contributed by atoms with E-state index >= 15 is 0 Å². The average molecular weight is 224 g/mol. The molecule has 0 spiro atoms. The van der Waals surface area contributed by atoms with Gasteiger partial charge in [0.2, 0.25) is 0 Å². The first kappa shape index (κ1) is 12.7. The number of nitrogens with zero attached hydrogens (tertiary/aromatic N) is 1. The summed E-state index contributed by atoms with van der Waals surface area (Å²) in [6, 6.07) is 1.66. The van der Waals surface area contributed by atoms with Gasteiger partial charge in [0.05, 0.1) is 0 Å². The number of carbonyl (C=O) groups excluding carboxylic acids is 1. The number of nitrogens with one attached hydrogen (secondary N) is 2. The number of H-pyrrole nitrogens is 1. The molecule has 0 aromatic carbocycles. The van der Waals surface area contributed by atoms with Crippen molar-refractivity contribution in [1.29, 1.82) is 0 Å². The number of aryl methyl sites for hydroxylation is 1. The number of aromatic amines is 1. The summed E-state index contributed by atoms with van der Waals surface area (Å²) in [6.45, 7) is 8.40. The summed E-state index contributed by atoms with van der Waals surface area (Å²) in [6.07, 6.45) is 0. The molecule has 16 heavy (non-hydrogen) atoms. The SMILES string of the molecule is Cc1cc(C(=O)NC(CN)C(C)(C)C)n[nH]1. The van der Waals surface area contributed by atoms with Crippen LogP contribution in [0.4, 0.5) is 0 Å². The summed E-state index contributed by atoms with van der Waals surface area (Å²) in [5.41, 5.74) is 6.86. The van der Waals surface area contributed by atoms with Crippen molar-refractivity contribution in [2.45, 2.75) is 33.7 Å². The Labute approximate surface area is 95.8 Å². The van der Waals surface area contributed by atoms with Gasteiger partial charge in [-0.05, 0) is 18.4 Å². The molecule has 0 bridgehead atoms. The lowest BCUT2D eigenvalue weighted by Gasteiger charge is -2.30. The first-order chi connectivity index (χ1) is 7.34. The van der Waals surface area contributed by atoms with Crippen LogP contribution < -0.4 is 11.1 Å². The Balaban J connectivity index is 2.70. The van der Waals surface area contributed by atoms with E-state index in [9.17, 15) is 4.79 Å². The monoisotopic (exact) mass is 224 g/mol. The fraction of sp³-hybridized carbons (Fsp3) is 0.636. The lowest BCUT2D eigenvalue weighted by molar-refractivity contribution is 0.0900. The number of hydrogen-bond acceptors (Lipinski definition) is 3. The zero-order valence-corrected chi connectivity index (χ0v) is 10.3. The van der Waals surface area contributed by atoms with Crippen LogP contribution in [0.5, 0.6) is 0 Å². The molecular weight excluding hydrogens is 204 g/mol. The van der Waals surface area contributed by atoms with Gasteiger partial charge in [0.25, 0.3) is 5.91 Å². The molecule has 1 rings (SSSR count). The smallest absolute Gasteiger partial charge is 0.272 e. The molecule has 0 saturated heterocycles.